The van der Waals surface area contributed by atoms with E-state index in [0.29, 0.717) is 16.1 Å². The third kappa shape index (κ3) is 8.79. The zero-order valence-corrected chi connectivity index (χ0v) is 22.7. The van der Waals surface area contributed by atoms with Gasteiger partial charge < -0.3 is 25.1 Å². The SMILES string of the molecule is C=C(/C=C\C=C(/C)Cl)c1ccc(C[C@H](C[C@@H](O)C(=O)O)NC(=O)c2ccc3nnn(OCOC(C)=O)c3c2)cc1. The van der Waals surface area contributed by atoms with E-state index in [1.165, 1.54) is 19.1 Å². The molecular weight excluding hydrogens is 540 g/mol. The molecule has 3 aromatic rings. The van der Waals surface area contributed by atoms with Gasteiger partial charge in [-0.05, 0) is 59.5 Å². The van der Waals surface area contributed by atoms with Gasteiger partial charge in [0, 0.05) is 30.0 Å². The quantitative estimate of drug-likeness (QED) is 0.160. The molecule has 0 saturated carbocycles. The van der Waals surface area contributed by atoms with Crippen LogP contribution in [-0.2, 0) is 20.7 Å². The number of rotatable bonds is 13. The fraction of sp³-hybridized carbons (Fsp3) is 0.250. The summed E-state index contributed by atoms with van der Waals surface area (Å²) in [5.74, 6) is -2.43. The van der Waals surface area contributed by atoms with Crippen LogP contribution in [0, 0.1) is 0 Å². The molecule has 3 rings (SSSR count). The monoisotopic (exact) mass is 568 g/mol. The Labute approximate surface area is 235 Å². The summed E-state index contributed by atoms with van der Waals surface area (Å²) in [7, 11) is 0. The lowest BCUT2D eigenvalue weighted by Gasteiger charge is -2.21. The summed E-state index contributed by atoms with van der Waals surface area (Å²) >= 11 is 5.83. The Morgan fingerprint density at radius 3 is 2.50 bits per heavy atom. The highest BCUT2D eigenvalue weighted by atomic mass is 35.5. The highest BCUT2D eigenvalue weighted by Gasteiger charge is 2.23. The van der Waals surface area contributed by atoms with E-state index in [9.17, 15) is 24.6 Å². The number of nitrogens with one attached hydrogen (secondary N) is 1. The van der Waals surface area contributed by atoms with E-state index in [1.807, 2.05) is 30.3 Å². The van der Waals surface area contributed by atoms with E-state index in [1.54, 1.807) is 25.1 Å². The van der Waals surface area contributed by atoms with E-state index in [4.69, 9.17) is 21.2 Å². The second kappa shape index (κ2) is 14.1. The predicted octanol–water partition coefficient (Wildman–Crippen LogP) is 3.27. The number of benzene rings is 2. The number of hydrogen-bond donors (Lipinski definition) is 3. The summed E-state index contributed by atoms with van der Waals surface area (Å²) in [6, 6.07) is 11.3. The second-order valence-electron chi connectivity index (χ2n) is 8.85. The van der Waals surface area contributed by atoms with Gasteiger partial charge in [0.15, 0.2) is 6.10 Å². The van der Waals surface area contributed by atoms with Crippen molar-refractivity contribution in [3.05, 3.63) is 89.0 Å². The van der Waals surface area contributed by atoms with Crippen LogP contribution < -0.4 is 10.2 Å². The van der Waals surface area contributed by atoms with E-state index in [2.05, 4.69) is 22.2 Å². The Hall–Kier alpha value is -4.48. The van der Waals surface area contributed by atoms with Crippen LogP contribution in [0.25, 0.3) is 16.6 Å². The van der Waals surface area contributed by atoms with Gasteiger partial charge in [-0.1, -0.05) is 59.4 Å². The molecular formula is C28H29ClN4O7. The van der Waals surface area contributed by atoms with Gasteiger partial charge in [0.1, 0.15) is 11.0 Å². The first-order valence-corrected chi connectivity index (χ1v) is 12.5. The fourth-order valence-corrected chi connectivity index (χ4v) is 3.73. The van der Waals surface area contributed by atoms with Crippen molar-refractivity contribution in [1.82, 2.24) is 20.5 Å². The summed E-state index contributed by atoms with van der Waals surface area (Å²) in [6.45, 7) is 6.64. The number of carbonyl (C=O) groups excluding carboxylic acids is 2. The lowest BCUT2D eigenvalue weighted by atomic mass is 9.97. The van der Waals surface area contributed by atoms with Crippen LogP contribution in [0.5, 0.6) is 0 Å². The first-order chi connectivity index (χ1) is 19.0. The Balaban J connectivity index is 1.75. The number of aliphatic hydroxyl groups excluding tert-OH is 1. The molecule has 40 heavy (non-hydrogen) atoms. The van der Waals surface area contributed by atoms with Crippen molar-refractivity contribution in [3.8, 4) is 0 Å². The van der Waals surface area contributed by atoms with Gasteiger partial charge >= 0.3 is 11.9 Å². The molecule has 210 valence electrons. The Morgan fingerprint density at radius 1 is 1.15 bits per heavy atom. The first kappa shape index (κ1) is 30.1. The number of aromatic nitrogens is 3. The van der Waals surface area contributed by atoms with Crippen LogP contribution in [0.4, 0.5) is 0 Å². The fourth-order valence-electron chi connectivity index (χ4n) is 3.66. The molecule has 11 nitrogen and oxygen atoms in total. The van der Waals surface area contributed by atoms with Gasteiger partial charge in [0.2, 0.25) is 0 Å². The smallest absolute Gasteiger partial charge is 0.332 e. The summed E-state index contributed by atoms with van der Waals surface area (Å²) in [5.41, 5.74) is 3.47. The molecule has 0 unspecified atom stereocenters. The molecule has 1 heterocycles. The molecule has 0 aliphatic carbocycles. The average molecular weight is 569 g/mol. The lowest BCUT2D eigenvalue weighted by molar-refractivity contribution is -0.154. The molecule has 0 fully saturated rings. The number of aliphatic carboxylic acids is 1. The molecule has 0 spiro atoms. The van der Waals surface area contributed by atoms with Crippen LogP contribution in [0.15, 0.2) is 72.3 Å². The van der Waals surface area contributed by atoms with Crippen molar-refractivity contribution in [3.63, 3.8) is 0 Å². The van der Waals surface area contributed by atoms with Crippen LogP contribution in [0.1, 0.15) is 41.8 Å². The number of carboxylic acids is 1. The number of aliphatic hydroxyl groups is 1. The van der Waals surface area contributed by atoms with Gasteiger partial charge in [-0.25, -0.2) is 4.79 Å². The minimum absolute atomic E-state index is 0.213. The zero-order chi connectivity index (χ0) is 29.2. The van der Waals surface area contributed by atoms with Crippen molar-refractivity contribution < 1.29 is 34.2 Å². The van der Waals surface area contributed by atoms with Gasteiger partial charge in [-0.2, -0.15) is 0 Å². The maximum absolute atomic E-state index is 13.1. The molecule has 0 bridgehead atoms. The van der Waals surface area contributed by atoms with Crippen molar-refractivity contribution in [2.24, 2.45) is 0 Å². The molecule has 1 amide bonds. The minimum atomic E-state index is -1.67. The molecule has 0 radical (unpaired) electrons. The van der Waals surface area contributed by atoms with Gasteiger partial charge in [0.25, 0.3) is 12.7 Å². The molecule has 2 aromatic carbocycles. The van der Waals surface area contributed by atoms with Crippen molar-refractivity contribution in [1.29, 1.82) is 0 Å². The number of carbonyl (C=O) groups is 3. The minimum Gasteiger partial charge on any atom is -0.479 e. The predicted molar refractivity (Wildman–Crippen MR) is 148 cm³/mol. The summed E-state index contributed by atoms with van der Waals surface area (Å²) in [6.07, 6.45) is 3.75. The van der Waals surface area contributed by atoms with Crippen LogP contribution >= 0.6 is 11.6 Å². The number of nitrogens with zero attached hydrogens (tertiary/aromatic N) is 3. The van der Waals surface area contributed by atoms with Crippen molar-refractivity contribution >= 4 is 46.1 Å². The third-order valence-corrected chi connectivity index (χ3v) is 5.80. The zero-order valence-electron chi connectivity index (χ0n) is 21.9. The molecule has 0 saturated heterocycles. The first-order valence-electron chi connectivity index (χ1n) is 12.2. The van der Waals surface area contributed by atoms with Crippen LogP contribution in [-0.4, -0.2) is 62.2 Å². The standard InChI is InChI=1S/C28H29ClN4O7/c1-17(5-4-6-18(2)29)21-9-7-20(8-10-21)13-23(15-26(35)28(37)38)30-27(36)22-11-12-24-25(14-22)33(32-31-24)40-16-39-19(3)34/h4-12,14,23,26,35H,1,13,15-16H2,2-3H3,(H,30,36)(H,37,38)/b5-4-,18-6+/t23-,26-/m1/s1. The number of ether oxygens (including phenoxy) is 1. The third-order valence-electron chi connectivity index (χ3n) is 5.67. The molecule has 2 atom stereocenters. The highest BCUT2D eigenvalue weighted by molar-refractivity contribution is 6.29. The Kier molecular flexibility index (Phi) is 10.6. The number of fused-ring (bicyclic) bond motifs is 1. The van der Waals surface area contributed by atoms with Gasteiger partial charge in [-0.3, -0.25) is 9.59 Å². The largest absolute Gasteiger partial charge is 0.479 e. The normalized spacial score (nSPS) is 13.2. The molecule has 0 aliphatic rings. The van der Waals surface area contributed by atoms with Crippen molar-refractivity contribution in [2.75, 3.05) is 6.79 Å². The summed E-state index contributed by atoms with van der Waals surface area (Å²) < 4.78 is 4.74. The van der Waals surface area contributed by atoms with Gasteiger partial charge in [-0.15, -0.1) is 5.10 Å². The summed E-state index contributed by atoms with van der Waals surface area (Å²) in [5, 5.41) is 30.4. The number of esters is 1. The second-order valence-corrected chi connectivity index (χ2v) is 9.44. The number of hydrogen-bond acceptors (Lipinski definition) is 8. The number of amides is 1. The maximum atomic E-state index is 13.1. The maximum Gasteiger partial charge on any atom is 0.332 e. The lowest BCUT2D eigenvalue weighted by Crippen LogP contribution is -2.40. The Morgan fingerprint density at radius 2 is 1.85 bits per heavy atom. The Bertz CT molecular complexity index is 1440. The number of allylic oxidation sites excluding steroid dienone is 5. The van der Waals surface area contributed by atoms with E-state index in [0.717, 1.165) is 21.5 Å². The number of halogens is 1. The molecule has 12 heteroatoms. The van der Waals surface area contributed by atoms with Gasteiger partial charge in [0.05, 0.1) is 0 Å². The van der Waals surface area contributed by atoms with E-state index >= 15 is 0 Å². The molecule has 3 N–H and O–H groups in total. The van der Waals surface area contributed by atoms with E-state index in [-0.39, 0.29) is 18.4 Å². The topological polar surface area (TPSA) is 153 Å². The average Bonchev–Trinajstić information content (AvgIpc) is 3.30. The van der Waals surface area contributed by atoms with E-state index < -0.39 is 36.8 Å². The highest BCUT2D eigenvalue weighted by Crippen LogP contribution is 2.18. The number of carboxylic acid groups (broad SMARTS) is 1. The molecule has 1 aromatic heterocycles. The van der Waals surface area contributed by atoms with Crippen LogP contribution in [0.3, 0.4) is 0 Å². The van der Waals surface area contributed by atoms with Crippen LogP contribution in [0.2, 0.25) is 0 Å². The van der Waals surface area contributed by atoms with Crippen molar-refractivity contribution in [2.45, 2.75) is 38.8 Å². The molecule has 0 aliphatic heterocycles. The summed E-state index contributed by atoms with van der Waals surface area (Å²) in [4.78, 5) is 41.7.